The Morgan fingerprint density at radius 2 is 2.23 bits per heavy atom. The molecule has 0 saturated carbocycles. The van der Waals surface area contributed by atoms with Crippen molar-refractivity contribution in [3.05, 3.63) is 29.3 Å². The molecule has 0 radical (unpaired) electrons. The Morgan fingerprint density at radius 1 is 1.38 bits per heavy atom. The minimum Gasteiger partial charge on any atom is -0.496 e. The molecule has 0 spiro atoms. The highest BCUT2D eigenvalue weighted by Gasteiger charge is 2.19. The summed E-state index contributed by atoms with van der Waals surface area (Å²) in [5, 5.41) is 0. The molecule has 1 aliphatic rings. The van der Waals surface area contributed by atoms with Crippen molar-refractivity contribution < 1.29 is 9.53 Å². The van der Waals surface area contributed by atoms with E-state index in [1.54, 1.807) is 18.9 Å². The molecule has 0 amide bonds. The van der Waals surface area contributed by atoms with Gasteiger partial charge in [0.05, 0.1) is 12.9 Å². The van der Waals surface area contributed by atoms with E-state index < -0.39 is 0 Å². The van der Waals surface area contributed by atoms with Gasteiger partial charge >= 0.3 is 0 Å². The van der Waals surface area contributed by atoms with E-state index in [9.17, 15) is 4.79 Å². The van der Waals surface area contributed by atoms with Gasteiger partial charge in [-0.1, -0.05) is 12.1 Å². The first-order valence-electron chi connectivity index (χ1n) is 4.09. The van der Waals surface area contributed by atoms with E-state index in [1.807, 2.05) is 18.2 Å². The van der Waals surface area contributed by atoms with Crippen molar-refractivity contribution in [1.29, 1.82) is 0 Å². The quantitative estimate of drug-likeness (QED) is 0.685. The number of carbonyl (C=O) groups is 1. The number of thioether (sulfide) groups is 1. The first kappa shape index (κ1) is 8.63. The standard InChI is InChI=1S/C10H10O2S/c1-12-10-4-2-3-7-8(10)5-13-6-9(7)11/h2-4H,5-6H2,1H3. The van der Waals surface area contributed by atoms with Crippen molar-refractivity contribution in [2.45, 2.75) is 5.75 Å². The van der Waals surface area contributed by atoms with Gasteiger partial charge in [-0.15, -0.1) is 11.8 Å². The monoisotopic (exact) mass is 194 g/mol. The van der Waals surface area contributed by atoms with Gasteiger partial charge < -0.3 is 4.74 Å². The second-order valence-electron chi connectivity index (χ2n) is 2.90. The van der Waals surface area contributed by atoms with E-state index in [0.717, 1.165) is 22.6 Å². The van der Waals surface area contributed by atoms with Crippen molar-refractivity contribution >= 4 is 17.5 Å². The number of carbonyl (C=O) groups excluding carboxylic acids is 1. The summed E-state index contributed by atoms with van der Waals surface area (Å²) in [7, 11) is 1.64. The molecule has 2 nitrogen and oxygen atoms in total. The summed E-state index contributed by atoms with van der Waals surface area (Å²) in [6, 6.07) is 5.64. The third-order valence-electron chi connectivity index (χ3n) is 2.13. The van der Waals surface area contributed by atoms with Crippen LogP contribution in [-0.4, -0.2) is 18.6 Å². The molecule has 3 heteroatoms. The van der Waals surface area contributed by atoms with E-state index in [4.69, 9.17) is 4.74 Å². The van der Waals surface area contributed by atoms with Crippen LogP contribution in [0.3, 0.4) is 0 Å². The molecule has 0 aromatic heterocycles. The summed E-state index contributed by atoms with van der Waals surface area (Å²) in [6.07, 6.45) is 0. The molecule has 1 aliphatic heterocycles. The summed E-state index contributed by atoms with van der Waals surface area (Å²) < 4.78 is 5.20. The molecule has 0 N–H and O–H groups in total. The van der Waals surface area contributed by atoms with Crippen LogP contribution < -0.4 is 4.74 Å². The van der Waals surface area contributed by atoms with Crippen molar-refractivity contribution in [2.75, 3.05) is 12.9 Å². The number of Topliss-reactive ketones (excluding diaryl/α,β-unsaturated/α-hetero) is 1. The van der Waals surface area contributed by atoms with Gasteiger partial charge in [0.15, 0.2) is 5.78 Å². The molecule has 13 heavy (non-hydrogen) atoms. The first-order chi connectivity index (χ1) is 6.33. The van der Waals surface area contributed by atoms with Gasteiger partial charge in [0.1, 0.15) is 5.75 Å². The summed E-state index contributed by atoms with van der Waals surface area (Å²) in [6.45, 7) is 0. The maximum Gasteiger partial charge on any atom is 0.173 e. The van der Waals surface area contributed by atoms with Crippen molar-refractivity contribution in [3.8, 4) is 5.75 Å². The Bertz CT molecular complexity index is 347. The smallest absolute Gasteiger partial charge is 0.173 e. The fourth-order valence-electron chi connectivity index (χ4n) is 1.49. The minimum atomic E-state index is 0.213. The number of benzene rings is 1. The van der Waals surface area contributed by atoms with Gasteiger partial charge in [0, 0.05) is 16.9 Å². The predicted molar refractivity (Wildman–Crippen MR) is 53.5 cm³/mol. The van der Waals surface area contributed by atoms with Crippen LogP contribution in [0.2, 0.25) is 0 Å². The van der Waals surface area contributed by atoms with Crippen LogP contribution in [0.5, 0.6) is 5.75 Å². The highest BCUT2D eigenvalue weighted by Crippen LogP contribution is 2.31. The number of ether oxygens (including phenoxy) is 1. The predicted octanol–water partition coefficient (Wildman–Crippen LogP) is 2.12. The number of hydrogen-bond acceptors (Lipinski definition) is 3. The Kier molecular flexibility index (Phi) is 2.27. The molecule has 2 rings (SSSR count). The lowest BCUT2D eigenvalue weighted by Gasteiger charge is -2.16. The lowest BCUT2D eigenvalue weighted by Crippen LogP contribution is -2.12. The van der Waals surface area contributed by atoms with Crippen LogP contribution in [0.4, 0.5) is 0 Å². The van der Waals surface area contributed by atoms with Crippen molar-refractivity contribution in [2.24, 2.45) is 0 Å². The average Bonchev–Trinajstić information content (AvgIpc) is 2.18. The van der Waals surface area contributed by atoms with Crippen LogP contribution in [0.15, 0.2) is 18.2 Å². The molecule has 0 bridgehead atoms. The molecule has 0 atom stereocenters. The highest BCUT2D eigenvalue weighted by molar-refractivity contribution is 7.99. The fraction of sp³-hybridized carbons (Fsp3) is 0.300. The average molecular weight is 194 g/mol. The maximum absolute atomic E-state index is 11.5. The van der Waals surface area contributed by atoms with Crippen LogP contribution in [0.25, 0.3) is 0 Å². The van der Waals surface area contributed by atoms with Crippen LogP contribution in [0, 0.1) is 0 Å². The fourth-order valence-corrected chi connectivity index (χ4v) is 2.44. The molecule has 1 aromatic carbocycles. The van der Waals surface area contributed by atoms with Gasteiger partial charge in [0.25, 0.3) is 0 Å². The van der Waals surface area contributed by atoms with E-state index in [-0.39, 0.29) is 5.78 Å². The third kappa shape index (κ3) is 1.44. The number of fused-ring (bicyclic) bond motifs is 1. The second-order valence-corrected chi connectivity index (χ2v) is 3.89. The zero-order chi connectivity index (χ0) is 9.26. The van der Waals surface area contributed by atoms with Gasteiger partial charge in [-0.25, -0.2) is 0 Å². The Hall–Kier alpha value is -0.960. The van der Waals surface area contributed by atoms with Gasteiger partial charge in [-0.2, -0.15) is 0 Å². The molecule has 1 aromatic rings. The molecular formula is C10H10O2S. The summed E-state index contributed by atoms with van der Waals surface area (Å²) in [5.41, 5.74) is 1.88. The molecule has 1 heterocycles. The Morgan fingerprint density at radius 3 is 3.00 bits per heavy atom. The molecular weight excluding hydrogens is 184 g/mol. The number of methoxy groups -OCH3 is 1. The van der Waals surface area contributed by atoms with E-state index in [0.29, 0.717) is 5.75 Å². The second kappa shape index (κ2) is 3.42. The number of ketones is 1. The zero-order valence-electron chi connectivity index (χ0n) is 7.37. The van der Waals surface area contributed by atoms with E-state index >= 15 is 0 Å². The minimum absolute atomic E-state index is 0.213. The van der Waals surface area contributed by atoms with Crippen LogP contribution in [-0.2, 0) is 5.75 Å². The highest BCUT2D eigenvalue weighted by atomic mass is 32.2. The molecule has 68 valence electrons. The van der Waals surface area contributed by atoms with E-state index in [2.05, 4.69) is 0 Å². The van der Waals surface area contributed by atoms with Crippen LogP contribution >= 0.6 is 11.8 Å². The van der Waals surface area contributed by atoms with Gasteiger partial charge in [-0.3, -0.25) is 4.79 Å². The first-order valence-corrected chi connectivity index (χ1v) is 5.25. The van der Waals surface area contributed by atoms with Crippen LogP contribution in [0.1, 0.15) is 15.9 Å². The number of hydrogen-bond donors (Lipinski definition) is 0. The SMILES string of the molecule is COc1cccc2c1CSCC2=O. The topological polar surface area (TPSA) is 26.3 Å². The molecule has 0 fully saturated rings. The lowest BCUT2D eigenvalue weighted by atomic mass is 10.0. The van der Waals surface area contributed by atoms with Crippen molar-refractivity contribution in [1.82, 2.24) is 0 Å². The maximum atomic E-state index is 11.5. The summed E-state index contributed by atoms with van der Waals surface area (Å²) in [4.78, 5) is 11.5. The third-order valence-corrected chi connectivity index (χ3v) is 3.09. The number of rotatable bonds is 1. The van der Waals surface area contributed by atoms with Gasteiger partial charge in [0.2, 0.25) is 0 Å². The summed E-state index contributed by atoms with van der Waals surface area (Å²) in [5.74, 6) is 2.52. The molecule has 0 unspecified atom stereocenters. The Balaban J connectivity index is 2.54. The zero-order valence-corrected chi connectivity index (χ0v) is 8.19. The normalized spacial score (nSPS) is 15.3. The molecule has 0 saturated heterocycles. The van der Waals surface area contributed by atoms with Gasteiger partial charge in [-0.05, 0) is 6.07 Å². The van der Waals surface area contributed by atoms with Crippen molar-refractivity contribution in [3.63, 3.8) is 0 Å². The summed E-state index contributed by atoms with van der Waals surface area (Å²) >= 11 is 1.65. The Labute approximate surface area is 81.3 Å². The van der Waals surface area contributed by atoms with E-state index in [1.165, 1.54) is 0 Å². The lowest BCUT2D eigenvalue weighted by molar-refractivity contribution is 0.102. The molecule has 0 aliphatic carbocycles. The largest absolute Gasteiger partial charge is 0.496 e.